The van der Waals surface area contributed by atoms with Crippen molar-refractivity contribution in [1.82, 2.24) is 0 Å². The molecule has 2 rings (SSSR count). The van der Waals surface area contributed by atoms with Crippen LogP contribution in [0.5, 0.6) is 0 Å². The second-order valence-electron chi connectivity index (χ2n) is 4.67. The molecule has 1 aromatic rings. The minimum atomic E-state index is -0.274. The second kappa shape index (κ2) is 4.98. The van der Waals surface area contributed by atoms with Crippen molar-refractivity contribution in [2.24, 2.45) is 0 Å². The maximum absolute atomic E-state index is 10.3. The number of rotatable bonds is 5. The Labute approximate surface area is 97.3 Å². The summed E-state index contributed by atoms with van der Waals surface area (Å²) >= 11 is 0. The third-order valence-electron chi connectivity index (χ3n) is 3.83. The number of aliphatic hydroxyl groups is 1. The van der Waals surface area contributed by atoms with E-state index in [1.54, 1.807) is 7.11 Å². The molecule has 1 fully saturated rings. The van der Waals surface area contributed by atoms with E-state index >= 15 is 0 Å². The summed E-state index contributed by atoms with van der Waals surface area (Å²) in [6.07, 6.45) is 3.87. The first-order valence-corrected chi connectivity index (χ1v) is 6.02. The van der Waals surface area contributed by atoms with Crippen molar-refractivity contribution in [3.8, 4) is 0 Å². The number of benzene rings is 1. The van der Waals surface area contributed by atoms with Crippen LogP contribution in [0.3, 0.4) is 0 Å². The highest BCUT2D eigenvalue weighted by Crippen LogP contribution is 2.47. The van der Waals surface area contributed by atoms with E-state index in [2.05, 4.69) is 24.3 Å². The van der Waals surface area contributed by atoms with Gasteiger partial charge in [-0.05, 0) is 24.8 Å². The third kappa shape index (κ3) is 2.00. The van der Waals surface area contributed by atoms with Gasteiger partial charge in [0.05, 0.1) is 6.10 Å². The summed E-state index contributed by atoms with van der Waals surface area (Å²) in [7, 11) is 1.68. The minimum absolute atomic E-state index is 0.000208. The van der Waals surface area contributed by atoms with E-state index in [0.717, 1.165) is 19.3 Å². The van der Waals surface area contributed by atoms with E-state index in [-0.39, 0.29) is 11.5 Å². The maximum Gasteiger partial charge on any atom is 0.0658 e. The lowest BCUT2D eigenvalue weighted by atomic mass is 9.60. The van der Waals surface area contributed by atoms with Gasteiger partial charge in [0.25, 0.3) is 0 Å². The summed E-state index contributed by atoms with van der Waals surface area (Å²) in [6.45, 7) is 0.635. The monoisotopic (exact) mass is 220 g/mol. The first kappa shape index (κ1) is 11.6. The van der Waals surface area contributed by atoms with Gasteiger partial charge in [-0.15, -0.1) is 0 Å². The topological polar surface area (TPSA) is 29.5 Å². The van der Waals surface area contributed by atoms with Crippen molar-refractivity contribution < 1.29 is 9.84 Å². The Hall–Kier alpha value is -0.860. The molecular formula is C14H20O2. The van der Waals surface area contributed by atoms with E-state index in [1.165, 1.54) is 12.0 Å². The van der Waals surface area contributed by atoms with Crippen molar-refractivity contribution >= 4 is 0 Å². The Bertz CT molecular complexity index is 317. The largest absolute Gasteiger partial charge is 0.392 e. The normalized spacial score (nSPS) is 20.1. The van der Waals surface area contributed by atoms with Gasteiger partial charge in [0.2, 0.25) is 0 Å². The molecule has 0 aliphatic heterocycles. The molecule has 1 atom stereocenters. The van der Waals surface area contributed by atoms with Gasteiger partial charge in [0.1, 0.15) is 0 Å². The van der Waals surface area contributed by atoms with Crippen LogP contribution >= 0.6 is 0 Å². The molecule has 88 valence electrons. The summed E-state index contributed by atoms with van der Waals surface area (Å²) in [5, 5.41) is 10.3. The average molecular weight is 220 g/mol. The molecule has 0 spiro atoms. The summed E-state index contributed by atoms with van der Waals surface area (Å²) in [5.41, 5.74) is 1.28. The zero-order chi connectivity index (χ0) is 11.4. The van der Waals surface area contributed by atoms with Gasteiger partial charge in [-0.3, -0.25) is 0 Å². The highest BCUT2D eigenvalue weighted by Gasteiger charge is 2.44. The first-order valence-electron chi connectivity index (χ1n) is 6.02. The van der Waals surface area contributed by atoms with Gasteiger partial charge < -0.3 is 9.84 Å². The van der Waals surface area contributed by atoms with E-state index < -0.39 is 0 Å². The van der Waals surface area contributed by atoms with Crippen LogP contribution < -0.4 is 0 Å². The summed E-state index contributed by atoms with van der Waals surface area (Å²) in [4.78, 5) is 0. The van der Waals surface area contributed by atoms with Crippen LogP contribution in [0.15, 0.2) is 30.3 Å². The molecule has 2 nitrogen and oxygen atoms in total. The molecule has 0 heterocycles. The predicted molar refractivity (Wildman–Crippen MR) is 64.5 cm³/mol. The molecule has 1 aliphatic rings. The number of methoxy groups -OCH3 is 1. The molecule has 1 N–H and O–H groups in total. The van der Waals surface area contributed by atoms with Crippen molar-refractivity contribution in [2.75, 3.05) is 13.7 Å². The van der Waals surface area contributed by atoms with Crippen LogP contribution in [0.4, 0.5) is 0 Å². The van der Waals surface area contributed by atoms with Crippen LogP contribution in [-0.2, 0) is 10.2 Å². The van der Waals surface area contributed by atoms with Crippen LogP contribution in [0.25, 0.3) is 0 Å². The minimum Gasteiger partial charge on any atom is -0.392 e. The Morgan fingerprint density at radius 3 is 2.50 bits per heavy atom. The lowest BCUT2D eigenvalue weighted by molar-refractivity contribution is 0.00601. The summed E-state index contributed by atoms with van der Waals surface area (Å²) in [5.74, 6) is 0. The molecule has 0 aromatic heterocycles. The van der Waals surface area contributed by atoms with Crippen LogP contribution in [-0.4, -0.2) is 24.9 Å². The fourth-order valence-electron chi connectivity index (χ4n) is 2.65. The number of hydrogen-bond acceptors (Lipinski definition) is 2. The Kier molecular flexibility index (Phi) is 3.62. The van der Waals surface area contributed by atoms with Crippen molar-refractivity contribution in [3.63, 3.8) is 0 Å². The highest BCUT2D eigenvalue weighted by molar-refractivity contribution is 5.29. The van der Waals surface area contributed by atoms with Gasteiger partial charge >= 0.3 is 0 Å². The fourth-order valence-corrected chi connectivity index (χ4v) is 2.65. The molecule has 0 saturated heterocycles. The smallest absolute Gasteiger partial charge is 0.0658 e. The number of ether oxygens (including phenoxy) is 1. The molecule has 2 heteroatoms. The van der Waals surface area contributed by atoms with Gasteiger partial charge in [-0.2, -0.15) is 0 Å². The van der Waals surface area contributed by atoms with E-state index in [0.29, 0.717) is 6.61 Å². The van der Waals surface area contributed by atoms with Crippen molar-refractivity contribution in [1.29, 1.82) is 0 Å². The van der Waals surface area contributed by atoms with Gasteiger partial charge in [-0.1, -0.05) is 36.8 Å². The van der Waals surface area contributed by atoms with Gasteiger partial charge in [-0.25, -0.2) is 0 Å². The summed E-state index contributed by atoms with van der Waals surface area (Å²) < 4.78 is 5.05. The van der Waals surface area contributed by atoms with Crippen molar-refractivity contribution in [3.05, 3.63) is 35.9 Å². The fraction of sp³-hybridized carbons (Fsp3) is 0.571. The SMILES string of the molecule is COCCC(O)C1(c2ccccc2)CCC1. The summed E-state index contributed by atoms with van der Waals surface area (Å²) in [6, 6.07) is 10.4. The quantitative estimate of drug-likeness (QED) is 0.826. The molecule has 1 aromatic carbocycles. The first-order chi connectivity index (χ1) is 7.79. The molecular weight excluding hydrogens is 200 g/mol. The zero-order valence-corrected chi connectivity index (χ0v) is 9.86. The number of hydrogen-bond donors (Lipinski definition) is 1. The van der Waals surface area contributed by atoms with Gasteiger partial charge in [0.15, 0.2) is 0 Å². The molecule has 16 heavy (non-hydrogen) atoms. The molecule has 1 unspecified atom stereocenters. The zero-order valence-electron chi connectivity index (χ0n) is 9.86. The molecule has 1 aliphatic carbocycles. The molecule has 0 radical (unpaired) electrons. The van der Waals surface area contributed by atoms with E-state index in [4.69, 9.17) is 4.74 Å². The van der Waals surface area contributed by atoms with Crippen LogP contribution in [0.2, 0.25) is 0 Å². The number of aliphatic hydroxyl groups excluding tert-OH is 1. The standard InChI is InChI=1S/C14H20O2/c1-16-11-8-13(15)14(9-5-10-14)12-6-3-2-4-7-12/h2-4,6-7,13,15H,5,8-11H2,1H3. The Morgan fingerprint density at radius 1 is 1.31 bits per heavy atom. The lowest BCUT2D eigenvalue weighted by Gasteiger charge is -2.46. The molecule has 0 amide bonds. The van der Waals surface area contributed by atoms with E-state index in [1.807, 2.05) is 6.07 Å². The average Bonchev–Trinajstić information content (AvgIpc) is 2.26. The van der Waals surface area contributed by atoms with Crippen molar-refractivity contribution in [2.45, 2.75) is 37.2 Å². The van der Waals surface area contributed by atoms with E-state index in [9.17, 15) is 5.11 Å². The third-order valence-corrected chi connectivity index (χ3v) is 3.83. The highest BCUT2D eigenvalue weighted by atomic mass is 16.5. The Balaban J connectivity index is 2.13. The molecule has 0 bridgehead atoms. The maximum atomic E-state index is 10.3. The van der Waals surface area contributed by atoms with Crippen LogP contribution in [0, 0.1) is 0 Å². The molecule has 1 saturated carbocycles. The van der Waals surface area contributed by atoms with Crippen LogP contribution in [0.1, 0.15) is 31.2 Å². The van der Waals surface area contributed by atoms with Gasteiger partial charge in [0, 0.05) is 19.1 Å². The predicted octanol–water partition coefficient (Wildman–Crippen LogP) is 2.51. The lowest BCUT2D eigenvalue weighted by Crippen LogP contribution is -2.46. The second-order valence-corrected chi connectivity index (χ2v) is 4.67. The Morgan fingerprint density at radius 2 is 2.00 bits per heavy atom.